The van der Waals surface area contributed by atoms with Crippen LogP contribution in [0.1, 0.15) is 5.69 Å². The van der Waals surface area contributed by atoms with Crippen LogP contribution in [0.25, 0.3) is 11.4 Å². The molecule has 72 valence electrons. The first-order valence-electron chi connectivity index (χ1n) is 4.06. The zero-order valence-corrected chi connectivity index (χ0v) is 7.99. The van der Waals surface area contributed by atoms with Crippen molar-refractivity contribution in [1.29, 1.82) is 0 Å². The molecule has 0 bridgehead atoms. The van der Waals surface area contributed by atoms with E-state index in [0.717, 1.165) is 5.56 Å². The number of pyridine rings is 1. The molecule has 2 aromatic rings. The summed E-state index contributed by atoms with van der Waals surface area (Å²) in [4.78, 5) is 10.9. The van der Waals surface area contributed by atoms with Crippen LogP contribution in [-0.2, 0) is 6.61 Å². The average Bonchev–Trinajstić information content (AvgIpc) is 2.67. The van der Waals surface area contributed by atoms with Gasteiger partial charge in [-0.05, 0) is 6.07 Å². The largest absolute Gasteiger partial charge is 0.390 e. The van der Waals surface area contributed by atoms with Crippen molar-refractivity contribution in [3.63, 3.8) is 0 Å². The summed E-state index contributed by atoms with van der Waals surface area (Å²) in [5.74, 6) is 0.640. The number of aromatic nitrogens is 3. The second-order valence-electron chi connectivity index (χ2n) is 2.77. The quantitative estimate of drug-likeness (QED) is 0.790. The Hall–Kier alpha value is -1.39. The highest BCUT2D eigenvalue weighted by atomic mass is 35.5. The van der Waals surface area contributed by atoms with E-state index >= 15 is 0 Å². The van der Waals surface area contributed by atoms with E-state index in [0.29, 0.717) is 16.5 Å². The van der Waals surface area contributed by atoms with Crippen LogP contribution < -0.4 is 0 Å². The molecule has 0 fully saturated rings. The average molecular weight is 210 g/mol. The van der Waals surface area contributed by atoms with Crippen molar-refractivity contribution in [3.8, 4) is 11.4 Å². The number of rotatable bonds is 2. The predicted molar refractivity (Wildman–Crippen MR) is 52.8 cm³/mol. The first-order chi connectivity index (χ1) is 6.81. The summed E-state index contributed by atoms with van der Waals surface area (Å²) in [5.41, 5.74) is 1.44. The predicted octanol–water partition coefficient (Wildman–Crippen LogP) is 1.62. The molecule has 0 saturated carbocycles. The lowest BCUT2D eigenvalue weighted by molar-refractivity contribution is 0.277. The molecule has 0 radical (unpaired) electrons. The van der Waals surface area contributed by atoms with Gasteiger partial charge in [-0.15, -0.1) is 0 Å². The molecular weight excluding hydrogens is 202 g/mol. The minimum Gasteiger partial charge on any atom is -0.390 e. The molecule has 5 heteroatoms. The van der Waals surface area contributed by atoms with E-state index in [1.54, 1.807) is 24.7 Å². The fourth-order valence-corrected chi connectivity index (χ4v) is 1.35. The molecule has 0 aromatic carbocycles. The second-order valence-corrected chi connectivity index (χ2v) is 3.18. The molecule has 2 heterocycles. The van der Waals surface area contributed by atoms with E-state index in [2.05, 4.69) is 15.0 Å². The maximum atomic E-state index is 8.85. The van der Waals surface area contributed by atoms with Gasteiger partial charge >= 0.3 is 0 Å². The Kier molecular flexibility index (Phi) is 2.47. The van der Waals surface area contributed by atoms with Gasteiger partial charge in [0.15, 0.2) is 0 Å². The summed E-state index contributed by atoms with van der Waals surface area (Å²) >= 11 is 5.93. The summed E-state index contributed by atoms with van der Waals surface area (Å²) in [6.45, 7) is -0.0598. The van der Waals surface area contributed by atoms with Gasteiger partial charge in [-0.3, -0.25) is 4.98 Å². The van der Waals surface area contributed by atoms with E-state index in [1.807, 2.05) is 0 Å². The molecular formula is C9H8ClN3O. The van der Waals surface area contributed by atoms with E-state index in [1.165, 1.54) is 0 Å². The maximum Gasteiger partial charge on any atom is 0.139 e. The van der Waals surface area contributed by atoms with Crippen molar-refractivity contribution >= 4 is 11.6 Å². The Morgan fingerprint density at radius 2 is 2.29 bits per heavy atom. The number of aliphatic hydroxyl groups is 1. The number of halogens is 1. The van der Waals surface area contributed by atoms with Crippen LogP contribution in [0.2, 0.25) is 5.02 Å². The Labute approximate surface area is 85.6 Å². The lowest BCUT2D eigenvalue weighted by atomic mass is 10.2. The Morgan fingerprint density at radius 3 is 2.93 bits per heavy atom. The number of hydrogen-bond acceptors (Lipinski definition) is 3. The van der Waals surface area contributed by atoms with Crippen LogP contribution >= 0.6 is 11.6 Å². The molecule has 0 atom stereocenters. The van der Waals surface area contributed by atoms with Gasteiger partial charge in [0.05, 0.1) is 23.5 Å². The minimum atomic E-state index is -0.0598. The highest BCUT2D eigenvalue weighted by Gasteiger charge is 2.06. The third-order valence-electron chi connectivity index (χ3n) is 1.83. The monoisotopic (exact) mass is 209 g/mol. The minimum absolute atomic E-state index is 0.0598. The van der Waals surface area contributed by atoms with E-state index in [4.69, 9.17) is 16.7 Å². The normalized spacial score (nSPS) is 10.4. The van der Waals surface area contributed by atoms with Crippen molar-refractivity contribution < 1.29 is 5.11 Å². The summed E-state index contributed by atoms with van der Waals surface area (Å²) in [7, 11) is 0. The third kappa shape index (κ3) is 1.62. The SMILES string of the molecule is OCc1cnc(-c2ccncc2Cl)[nH]1. The fraction of sp³-hybridized carbons (Fsp3) is 0.111. The van der Waals surface area contributed by atoms with E-state index < -0.39 is 0 Å². The van der Waals surface area contributed by atoms with Gasteiger partial charge < -0.3 is 10.1 Å². The van der Waals surface area contributed by atoms with Gasteiger partial charge in [-0.2, -0.15) is 0 Å². The van der Waals surface area contributed by atoms with Crippen molar-refractivity contribution in [2.75, 3.05) is 0 Å². The van der Waals surface area contributed by atoms with Crippen LogP contribution in [0.15, 0.2) is 24.7 Å². The van der Waals surface area contributed by atoms with Crippen molar-refractivity contribution in [1.82, 2.24) is 15.0 Å². The molecule has 2 rings (SSSR count). The van der Waals surface area contributed by atoms with Crippen LogP contribution in [-0.4, -0.2) is 20.1 Å². The zero-order valence-electron chi connectivity index (χ0n) is 7.24. The highest BCUT2D eigenvalue weighted by Crippen LogP contribution is 2.23. The summed E-state index contributed by atoms with van der Waals surface area (Å²) in [5, 5.41) is 9.38. The molecule has 4 nitrogen and oxygen atoms in total. The standard InChI is InChI=1S/C9H8ClN3O/c10-8-4-11-2-1-7(8)9-12-3-6(5-14)13-9/h1-4,14H,5H2,(H,12,13). The number of nitrogens with zero attached hydrogens (tertiary/aromatic N) is 2. The maximum absolute atomic E-state index is 8.85. The lowest BCUT2D eigenvalue weighted by Gasteiger charge is -1.98. The molecule has 2 N–H and O–H groups in total. The van der Waals surface area contributed by atoms with Crippen LogP contribution in [0.5, 0.6) is 0 Å². The molecule has 0 unspecified atom stereocenters. The number of nitrogens with one attached hydrogen (secondary N) is 1. The van der Waals surface area contributed by atoms with Gasteiger partial charge in [0.25, 0.3) is 0 Å². The number of H-pyrrole nitrogens is 1. The van der Waals surface area contributed by atoms with Crippen molar-refractivity contribution in [2.45, 2.75) is 6.61 Å². The molecule has 0 spiro atoms. The Bertz CT molecular complexity index is 441. The van der Waals surface area contributed by atoms with Crippen molar-refractivity contribution in [3.05, 3.63) is 35.4 Å². The summed E-state index contributed by atoms with van der Waals surface area (Å²) in [6.07, 6.45) is 4.77. The molecule has 0 amide bonds. The van der Waals surface area contributed by atoms with Gasteiger partial charge in [0, 0.05) is 18.0 Å². The molecule has 0 aliphatic carbocycles. The number of imidazole rings is 1. The second kappa shape index (κ2) is 3.77. The fourth-order valence-electron chi connectivity index (χ4n) is 1.14. The van der Waals surface area contributed by atoms with Crippen LogP contribution in [0.4, 0.5) is 0 Å². The molecule has 14 heavy (non-hydrogen) atoms. The summed E-state index contributed by atoms with van der Waals surface area (Å²) in [6, 6.07) is 1.77. The van der Waals surface area contributed by atoms with Crippen molar-refractivity contribution in [2.24, 2.45) is 0 Å². The Morgan fingerprint density at radius 1 is 1.43 bits per heavy atom. The van der Waals surface area contributed by atoms with Gasteiger partial charge in [-0.25, -0.2) is 4.98 Å². The highest BCUT2D eigenvalue weighted by molar-refractivity contribution is 6.33. The van der Waals surface area contributed by atoms with Gasteiger partial charge in [0.1, 0.15) is 5.82 Å². The molecule has 2 aromatic heterocycles. The summed E-state index contributed by atoms with van der Waals surface area (Å²) < 4.78 is 0. The van der Waals surface area contributed by atoms with E-state index in [-0.39, 0.29) is 6.61 Å². The lowest BCUT2D eigenvalue weighted by Crippen LogP contribution is -1.85. The smallest absolute Gasteiger partial charge is 0.139 e. The molecule has 0 saturated heterocycles. The third-order valence-corrected chi connectivity index (χ3v) is 2.13. The molecule has 0 aliphatic rings. The van der Waals surface area contributed by atoms with E-state index in [9.17, 15) is 0 Å². The number of hydrogen-bond donors (Lipinski definition) is 2. The van der Waals surface area contributed by atoms with Gasteiger partial charge in [-0.1, -0.05) is 11.6 Å². The molecule has 0 aliphatic heterocycles. The first-order valence-corrected chi connectivity index (χ1v) is 4.43. The van der Waals surface area contributed by atoms with Crippen LogP contribution in [0, 0.1) is 0 Å². The zero-order chi connectivity index (χ0) is 9.97. The number of aromatic amines is 1. The Balaban J connectivity index is 2.44. The topological polar surface area (TPSA) is 61.8 Å². The first kappa shape index (κ1) is 9.18. The van der Waals surface area contributed by atoms with Gasteiger partial charge in [0.2, 0.25) is 0 Å². The number of aliphatic hydroxyl groups excluding tert-OH is 1. The van der Waals surface area contributed by atoms with Crippen LogP contribution in [0.3, 0.4) is 0 Å².